The van der Waals surface area contributed by atoms with Gasteiger partial charge in [0.1, 0.15) is 5.75 Å². The Balaban J connectivity index is 1.90. The molecule has 0 aromatic heterocycles. The van der Waals surface area contributed by atoms with Gasteiger partial charge in [-0.3, -0.25) is 4.79 Å². The van der Waals surface area contributed by atoms with Gasteiger partial charge in [-0.1, -0.05) is 35.9 Å². The Labute approximate surface area is 141 Å². The molecule has 4 nitrogen and oxygen atoms in total. The molecule has 0 aliphatic carbocycles. The van der Waals surface area contributed by atoms with Crippen LogP contribution in [0.25, 0.3) is 0 Å². The fourth-order valence-electron chi connectivity index (χ4n) is 1.81. The number of ether oxygens (including phenoxy) is 2. The molecule has 0 bridgehead atoms. The number of halogens is 4. The molecule has 8 heteroatoms. The standard InChI is InChI=1S/C16H13ClF3NO3/c17-11-5-1-3-7-13(11)23-10-9-15(22)21-12-6-2-4-8-14(12)24-16(18,19)20/h1-8H,9-10H2,(H,21,22). The van der Waals surface area contributed by atoms with Gasteiger partial charge in [0.15, 0.2) is 5.75 Å². The summed E-state index contributed by atoms with van der Waals surface area (Å²) in [5.74, 6) is -0.571. The van der Waals surface area contributed by atoms with Crippen molar-refractivity contribution in [2.45, 2.75) is 12.8 Å². The van der Waals surface area contributed by atoms with Crippen molar-refractivity contribution in [3.05, 3.63) is 53.6 Å². The molecule has 0 spiro atoms. The Kier molecular flexibility index (Phi) is 5.92. The Morgan fingerprint density at radius 2 is 1.67 bits per heavy atom. The van der Waals surface area contributed by atoms with Crippen LogP contribution in [-0.2, 0) is 4.79 Å². The number of anilines is 1. The average molecular weight is 360 g/mol. The van der Waals surface area contributed by atoms with Gasteiger partial charge in [0.2, 0.25) is 5.91 Å². The summed E-state index contributed by atoms with van der Waals surface area (Å²) in [6.07, 6.45) is -4.90. The van der Waals surface area contributed by atoms with Crippen LogP contribution in [-0.4, -0.2) is 18.9 Å². The first-order valence-electron chi connectivity index (χ1n) is 6.87. The van der Waals surface area contributed by atoms with Gasteiger partial charge in [-0.05, 0) is 24.3 Å². The quantitative estimate of drug-likeness (QED) is 0.817. The largest absolute Gasteiger partial charge is 0.573 e. The van der Waals surface area contributed by atoms with Crippen molar-refractivity contribution in [2.24, 2.45) is 0 Å². The smallest absolute Gasteiger partial charge is 0.491 e. The number of benzene rings is 2. The van der Waals surface area contributed by atoms with Crippen LogP contribution in [0.5, 0.6) is 11.5 Å². The molecule has 0 radical (unpaired) electrons. The highest BCUT2D eigenvalue weighted by Gasteiger charge is 2.32. The van der Waals surface area contributed by atoms with Crippen LogP contribution in [0.4, 0.5) is 18.9 Å². The minimum absolute atomic E-state index is 0.0257. The second kappa shape index (κ2) is 7.92. The first-order chi connectivity index (χ1) is 11.3. The summed E-state index contributed by atoms with van der Waals surface area (Å²) in [5, 5.41) is 2.76. The third-order valence-electron chi connectivity index (χ3n) is 2.81. The lowest BCUT2D eigenvalue weighted by molar-refractivity contribution is -0.274. The summed E-state index contributed by atoms with van der Waals surface area (Å²) >= 11 is 5.90. The van der Waals surface area contributed by atoms with Crippen molar-refractivity contribution in [3.63, 3.8) is 0 Å². The molecule has 0 fully saturated rings. The molecule has 0 atom stereocenters. The molecule has 1 N–H and O–H groups in total. The van der Waals surface area contributed by atoms with Gasteiger partial charge in [-0.25, -0.2) is 0 Å². The lowest BCUT2D eigenvalue weighted by atomic mass is 10.3. The van der Waals surface area contributed by atoms with E-state index >= 15 is 0 Å². The van der Waals surface area contributed by atoms with Gasteiger partial charge in [-0.2, -0.15) is 0 Å². The lowest BCUT2D eigenvalue weighted by Gasteiger charge is -2.14. The van der Waals surface area contributed by atoms with Crippen LogP contribution in [0, 0.1) is 0 Å². The first-order valence-corrected chi connectivity index (χ1v) is 7.25. The highest BCUT2D eigenvalue weighted by Crippen LogP contribution is 2.30. The highest BCUT2D eigenvalue weighted by atomic mass is 35.5. The second-order valence-corrected chi connectivity index (χ2v) is 5.03. The maximum Gasteiger partial charge on any atom is 0.573 e. The van der Waals surface area contributed by atoms with Crippen molar-refractivity contribution in [3.8, 4) is 11.5 Å². The minimum Gasteiger partial charge on any atom is -0.491 e. The zero-order valence-electron chi connectivity index (χ0n) is 12.3. The molecule has 1 amide bonds. The van der Waals surface area contributed by atoms with Gasteiger partial charge in [0, 0.05) is 0 Å². The fourth-order valence-corrected chi connectivity index (χ4v) is 2.00. The summed E-state index contributed by atoms with van der Waals surface area (Å²) < 4.78 is 46.2. The molecule has 2 aromatic carbocycles. The summed E-state index contributed by atoms with van der Waals surface area (Å²) in [4.78, 5) is 11.8. The van der Waals surface area contributed by atoms with E-state index in [-0.39, 0.29) is 18.7 Å². The van der Waals surface area contributed by atoms with E-state index in [1.54, 1.807) is 24.3 Å². The van der Waals surface area contributed by atoms with Gasteiger partial charge < -0.3 is 14.8 Å². The molecule has 128 valence electrons. The fraction of sp³-hybridized carbons (Fsp3) is 0.188. The summed E-state index contributed by atoms with van der Waals surface area (Å²) in [6, 6.07) is 12.0. The minimum atomic E-state index is -4.84. The number of alkyl halides is 3. The van der Waals surface area contributed by atoms with Crippen molar-refractivity contribution >= 4 is 23.2 Å². The summed E-state index contributed by atoms with van der Waals surface area (Å²) in [5.41, 5.74) is -0.0717. The third kappa shape index (κ3) is 5.66. The van der Waals surface area contributed by atoms with E-state index in [9.17, 15) is 18.0 Å². The molecular weight excluding hydrogens is 347 g/mol. The molecular formula is C16H13ClF3NO3. The van der Waals surface area contributed by atoms with E-state index < -0.39 is 18.0 Å². The van der Waals surface area contributed by atoms with Crippen LogP contribution in [0.1, 0.15) is 6.42 Å². The number of carbonyl (C=O) groups is 1. The zero-order chi connectivity index (χ0) is 17.6. The average Bonchev–Trinajstić information content (AvgIpc) is 2.50. The van der Waals surface area contributed by atoms with Crippen LogP contribution in [0.15, 0.2) is 48.5 Å². The third-order valence-corrected chi connectivity index (χ3v) is 3.12. The van der Waals surface area contributed by atoms with E-state index in [1.807, 2.05) is 0 Å². The molecule has 0 unspecified atom stereocenters. The van der Waals surface area contributed by atoms with E-state index in [0.29, 0.717) is 10.8 Å². The predicted octanol–water partition coefficient (Wildman–Crippen LogP) is 4.65. The van der Waals surface area contributed by atoms with Gasteiger partial charge in [0.05, 0.1) is 23.7 Å². The van der Waals surface area contributed by atoms with E-state index in [0.717, 1.165) is 6.07 Å². The van der Waals surface area contributed by atoms with Crippen molar-refractivity contribution < 1.29 is 27.4 Å². The molecule has 2 rings (SSSR count). The number of carbonyl (C=O) groups excluding carboxylic acids is 1. The highest BCUT2D eigenvalue weighted by molar-refractivity contribution is 6.32. The Bertz CT molecular complexity index is 707. The van der Waals surface area contributed by atoms with Gasteiger partial charge in [-0.15, -0.1) is 13.2 Å². The lowest BCUT2D eigenvalue weighted by Crippen LogP contribution is -2.20. The number of rotatable bonds is 6. The molecule has 0 saturated carbocycles. The van der Waals surface area contributed by atoms with Crippen LogP contribution < -0.4 is 14.8 Å². The Hall–Kier alpha value is -2.41. The molecule has 0 aliphatic rings. The van der Waals surface area contributed by atoms with E-state index in [4.69, 9.17) is 16.3 Å². The maximum atomic E-state index is 12.3. The SMILES string of the molecule is O=C(CCOc1ccccc1Cl)Nc1ccccc1OC(F)(F)F. The number of hydrogen-bond donors (Lipinski definition) is 1. The van der Waals surface area contributed by atoms with E-state index in [1.165, 1.54) is 18.2 Å². The number of nitrogens with one attached hydrogen (secondary N) is 1. The number of hydrogen-bond acceptors (Lipinski definition) is 3. The first kappa shape index (κ1) is 17.9. The molecule has 0 saturated heterocycles. The number of amides is 1. The Morgan fingerprint density at radius 1 is 1.04 bits per heavy atom. The maximum absolute atomic E-state index is 12.3. The van der Waals surface area contributed by atoms with Crippen molar-refractivity contribution in [1.29, 1.82) is 0 Å². The zero-order valence-corrected chi connectivity index (χ0v) is 13.0. The Morgan fingerprint density at radius 3 is 2.33 bits per heavy atom. The van der Waals surface area contributed by atoms with Gasteiger partial charge >= 0.3 is 6.36 Å². The van der Waals surface area contributed by atoms with Crippen LogP contribution in [0.2, 0.25) is 5.02 Å². The van der Waals surface area contributed by atoms with Crippen molar-refractivity contribution in [1.82, 2.24) is 0 Å². The normalized spacial score (nSPS) is 11.0. The monoisotopic (exact) mass is 359 g/mol. The molecule has 24 heavy (non-hydrogen) atoms. The summed E-state index contributed by atoms with van der Waals surface area (Å²) in [7, 11) is 0. The number of para-hydroxylation sites is 3. The van der Waals surface area contributed by atoms with E-state index in [2.05, 4.69) is 10.1 Å². The molecule has 0 heterocycles. The molecule has 2 aromatic rings. The van der Waals surface area contributed by atoms with Gasteiger partial charge in [0.25, 0.3) is 0 Å². The van der Waals surface area contributed by atoms with Crippen LogP contribution in [0.3, 0.4) is 0 Å². The second-order valence-electron chi connectivity index (χ2n) is 4.62. The topological polar surface area (TPSA) is 47.6 Å². The predicted molar refractivity (Wildman–Crippen MR) is 83.3 cm³/mol. The van der Waals surface area contributed by atoms with Crippen LogP contribution >= 0.6 is 11.6 Å². The van der Waals surface area contributed by atoms with Crippen molar-refractivity contribution in [2.75, 3.05) is 11.9 Å². The molecule has 0 aliphatic heterocycles. The summed E-state index contributed by atoms with van der Waals surface area (Å²) in [6.45, 7) is 0.0257.